The third-order valence-electron chi connectivity index (χ3n) is 8.32. The normalized spacial score (nSPS) is 25.8. The van der Waals surface area contributed by atoms with E-state index in [1.807, 2.05) is 0 Å². The van der Waals surface area contributed by atoms with Gasteiger partial charge in [0, 0.05) is 23.6 Å². The summed E-state index contributed by atoms with van der Waals surface area (Å²) < 4.78 is 42.1. The number of aromatic hydroxyl groups is 1. The number of carbonyl (C=O) groups is 3. The molecule has 2 aromatic rings. The number of phenolic OH excluding ortho intramolecular Hbond substituents is 1. The van der Waals surface area contributed by atoms with E-state index in [-0.39, 0.29) is 47.2 Å². The minimum Gasteiger partial charge on any atom is -0.510 e. The van der Waals surface area contributed by atoms with E-state index in [9.17, 15) is 48.0 Å². The first kappa shape index (κ1) is 28.3. The topological polar surface area (TPSA) is 187 Å². The number of aliphatic hydroxyl groups is 3. The Bertz CT molecular complexity index is 1610. The molecule has 0 bridgehead atoms. The number of amides is 1. The second kappa shape index (κ2) is 9.43. The van der Waals surface area contributed by atoms with Gasteiger partial charge >= 0.3 is 0 Å². The van der Waals surface area contributed by atoms with E-state index in [1.165, 1.54) is 25.1 Å². The molecule has 0 unspecified atom stereocenters. The Morgan fingerprint density at radius 2 is 1.71 bits per heavy atom. The van der Waals surface area contributed by atoms with Crippen molar-refractivity contribution in [1.82, 2.24) is 4.90 Å². The number of nitrogens with zero attached hydrogens (tertiary/aromatic N) is 1. The maximum absolute atomic E-state index is 14.2. The highest BCUT2D eigenvalue weighted by Gasteiger charge is 2.63. The fourth-order valence-corrected chi connectivity index (χ4v) is 6.50. The second-order valence-electron chi connectivity index (χ2n) is 10.7. The van der Waals surface area contributed by atoms with Gasteiger partial charge in [-0.05, 0) is 67.7 Å². The van der Waals surface area contributed by atoms with Crippen molar-refractivity contribution in [2.75, 3.05) is 14.1 Å². The molecule has 0 aromatic heterocycles. The molecular weight excluding hydrogens is 547 g/mol. The maximum atomic E-state index is 14.2. The Labute approximate surface area is 231 Å². The number of phenols is 1. The van der Waals surface area contributed by atoms with Crippen LogP contribution in [0.2, 0.25) is 0 Å². The van der Waals surface area contributed by atoms with Gasteiger partial charge in [-0.2, -0.15) is 0 Å². The predicted octanol–water partition coefficient (Wildman–Crippen LogP) is 1.66. The molecule has 0 saturated heterocycles. The number of likely N-dealkylation sites (N-methyl/N-ethyl adjacent to an activating group) is 1. The molecule has 1 amide bonds. The molecule has 5 rings (SSSR count). The number of primary amides is 1. The van der Waals surface area contributed by atoms with Crippen molar-refractivity contribution in [3.8, 4) is 16.9 Å². The molecule has 0 radical (unpaired) electrons. The van der Waals surface area contributed by atoms with Crippen LogP contribution in [0.3, 0.4) is 0 Å². The quantitative estimate of drug-likeness (QED) is 0.234. The number of halogens is 3. The Hall–Kier alpha value is -4.20. The Balaban J connectivity index is 1.77. The molecule has 10 nitrogen and oxygen atoms in total. The summed E-state index contributed by atoms with van der Waals surface area (Å²) in [7, 11) is 2.99. The van der Waals surface area contributed by atoms with E-state index in [0.29, 0.717) is 0 Å². The standard InChI is InChI=1S/C28H26F3N3O7/c1-34(2)21-14-5-10-3-13-12(9-6-15(29)20(31)16(30)7-9)4-11(8-32)22(35)18(13)23(36)17(10)25(38)28(14,41)26(39)19(24(21)37)27(33)40/h4,6-7,10,14,21,35,37-38,41H,3,5,8,32H2,1-2H3,(H2,33,40)/t10-,14-,21-,28-/m0/s1. The van der Waals surface area contributed by atoms with E-state index >= 15 is 0 Å². The fourth-order valence-electron chi connectivity index (χ4n) is 6.50. The summed E-state index contributed by atoms with van der Waals surface area (Å²) in [5, 5.41) is 44.9. The monoisotopic (exact) mass is 573 g/mol. The second-order valence-corrected chi connectivity index (χ2v) is 10.7. The highest BCUT2D eigenvalue weighted by atomic mass is 19.2. The average Bonchev–Trinajstić information content (AvgIpc) is 2.89. The average molecular weight is 574 g/mol. The summed E-state index contributed by atoms with van der Waals surface area (Å²) in [4.78, 5) is 40.8. The van der Waals surface area contributed by atoms with Crippen molar-refractivity contribution in [1.29, 1.82) is 0 Å². The minimum atomic E-state index is -2.82. The predicted molar refractivity (Wildman–Crippen MR) is 137 cm³/mol. The van der Waals surface area contributed by atoms with Crippen LogP contribution < -0.4 is 11.5 Å². The first-order chi connectivity index (χ1) is 19.2. The van der Waals surface area contributed by atoms with Gasteiger partial charge in [0.05, 0.1) is 11.6 Å². The molecule has 0 aliphatic heterocycles. The molecule has 0 heterocycles. The van der Waals surface area contributed by atoms with Crippen LogP contribution in [0.15, 0.2) is 40.9 Å². The number of ketones is 2. The lowest BCUT2D eigenvalue weighted by Crippen LogP contribution is -2.63. The number of allylic oxidation sites excluding steroid dienone is 1. The number of Topliss-reactive ketones (excluding diaryl/α,β-unsaturated/α-hetero) is 2. The van der Waals surface area contributed by atoms with Crippen molar-refractivity contribution in [3.05, 3.63) is 75.0 Å². The number of rotatable bonds is 4. The van der Waals surface area contributed by atoms with Crippen LogP contribution in [0.4, 0.5) is 13.2 Å². The maximum Gasteiger partial charge on any atom is 0.255 e. The van der Waals surface area contributed by atoms with Gasteiger partial charge in [-0.1, -0.05) is 0 Å². The van der Waals surface area contributed by atoms with E-state index < -0.39 is 86.8 Å². The number of benzene rings is 2. The van der Waals surface area contributed by atoms with Gasteiger partial charge in [-0.25, -0.2) is 13.2 Å². The van der Waals surface area contributed by atoms with E-state index in [2.05, 4.69) is 0 Å². The van der Waals surface area contributed by atoms with Crippen molar-refractivity contribution in [3.63, 3.8) is 0 Å². The third-order valence-corrected chi connectivity index (χ3v) is 8.32. The molecule has 3 aliphatic rings. The lowest BCUT2D eigenvalue weighted by atomic mass is 9.58. The molecule has 2 aromatic carbocycles. The van der Waals surface area contributed by atoms with Crippen LogP contribution in [-0.4, -0.2) is 68.5 Å². The highest BCUT2D eigenvalue weighted by Crippen LogP contribution is 2.53. The van der Waals surface area contributed by atoms with Crippen LogP contribution in [0, 0.1) is 29.3 Å². The van der Waals surface area contributed by atoms with Gasteiger partial charge < -0.3 is 31.9 Å². The van der Waals surface area contributed by atoms with E-state index in [1.54, 1.807) is 0 Å². The van der Waals surface area contributed by atoms with Crippen LogP contribution in [0.25, 0.3) is 11.1 Å². The van der Waals surface area contributed by atoms with Gasteiger partial charge in [-0.15, -0.1) is 0 Å². The summed E-state index contributed by atoms with van der Waals surface area (Å²) in [6, 6.07) is 1.60. The summed E-state index contributed by atoms with van der Waals surface area (Å²) in [5.74, 6) is -12.9. The Kier molecular flexibility index (Phi) is 6.52. The van der Waals surface area contributed by atoms with E-state index in [4.69, 9.17) is 11.5 Å². The van der Waals surface area contributed by atoms with Crippen LogP contribution >= 0.6 is 0 Å². The molecule has 41 heavy (non-hydrogen) atoms. The third kappa shape index (κ3) is 3.80. The molecule has 3 aliphatic carbocycles. The highest BCUT2D eigenvalue weighted by molar-refractivity contribution is 6.25. The van der Waals surface area contributed by atoms with Gasteiger partial charge in [0.1, 0.15) is 22.8 Å². The largest absolute Gasteiger partial charge is 0.510 e. The van der Waals surface area contributed by atoms with E-state index in [0.717, 1.165) is 12.1 Å². The van der Waals surface area contributed by atoms with Gasteiger partial charge in [-0.3, -0.25) is 19.3 Å². The number of aliphatic hydroxyl groups excluding tert-OH is 2. The van der Waals surface area contributed by atoms with Gasteiger partial charge in [0.2, 0.25) is 5.78 Å². The first-order valence-electron chi connectivity index (χ1n) is 12.5. The molecule has 216 valence electrons. The van der Waals surface area contributed by atoms with Crippen molar-refractivity contribution in [2.45, 2.75) is 31.0 Å². The van der Waals surface area contributed by atoms with Crippen LogP contribution in [0.5, 0.6) is 5.75 Å². The number of fused-ring (bicyclic) bond motifs is 3. The fraction of sp³-hybridized carbons (Fsp3) is 0.321. The number of hydrogen-bond acceptors (Lipinski definition) is 9. The zero-order valence-electron chi connectivity index (χ0n) is 21.8. The summed E-state index contributed by atoms with van der Waals surface area (Å²) >= 11 is 0. The molecule has 4 atom stereocenters. The lowest BCUT2D eigenvalue weighted by Gasteiger charge is -2.50. The summed E-state index contributed by atoms with van der Waals surface area (Å²) in [6.45, 7) is -0.318. The number of nitrogens with two attached hydrogens (primary N) is 2. The molecule has 0 saturated carbocycles. The Morgan fingerprint density at radius 3 is 2.24 bits per heavy atom. The number of hydrogen-bond donors (Lipinski definition) is 6. The SMILES string of the molecule is CN(C)[C@@H]1C(O)=C(C(N)=O)C(=O)[C@@]2(O)C(O)=C3C(=O)c4c(O)c(CN)cc(-c5cc(F)c(F)c(F)c5)c4C[C@H]3C[C@@H]12. The zero-order valence-corrected chi connectivity index (χ0v) is 21.8. The van der Waals surface area contributed by atoms with Crippen LogP contribution in [-0.2, 0) is 22.6 Å². The molecular formula is C28H26F3N3O7. The molecule has 0 spiro atoms. The molecule has 0 fully saturated rings. The first-order valence-corrected chi connectivity index (χ1v) is 12.5. The van der Waals surface area contributed by atoms with Crippen molar-refractivity contribution in [2.24, 2.45) is 23.3 Å². The van der Waals surface area contributed by atoms with Gasteiger partial charge in [0.15, 0.2) is 28.8 Å². The summed E-state index contributed by atoms with van der Waals surface area (Å²) in [5.41, 5.74) is 6.56. The molecule has 13 heteroatoms. The summed E-state index contributed by atoms with van der Waals surface area (Å²) in [6.07, 6.45) is -0.320. The van der Waals surface area contributed by atoms with Crippen molar-refractivity contribution >= 4 is 17.5 Å². The lowest BCUT2D eigenvalue weighted by molar-refractivity contribution is -0.148. The number of carbonyl (C=O) groups excluding carboxylic acids is 3. The molecule has 8 N–H and O–H groups in total. The zero-order chi connectivity index (χ0) is 30.3. The van der Waals surface area contributed by atoms with Gasteiger partial charge in [0.25, 0.3) is 5.91 Å². The van der Waals surface area contributed by atoms with Crippen LogP contribution in [0.1, 0.15) is 27.9 Å². The van der Waals surface area contributed by atoms with Crippen molar-refractivity contribution < 1.29 is 48.0 Å². The Morgan fingerprint density at radius 1 is 1.10 bits per heavy atom. The smallest absolute Gasteiger partial charge is 0.255 e. The minimum absolute atomic E-state index is 0.00605.